The van der Waals surface area contributed by atoms with Crippen LogP contribution in [0.15, 0.2) is 126 Å². The molecule has 6 rings (SSSR count). The molecule has 6 aromatic rings. The summed E-state index contributed by atoms with van der Waals surface area (Å²) in [5.41, 5.74) is 5.03. The molecule has 0 unspecified atom stereocenters. The SMILES string of the molecule is O=C(O)C=NOC(c1ccc(OCc2ccc3ccccc3n2)cc1)c1ccc(OCc2ccc3ccccc3n2)cc1.[H-].[Na+]. The van der Waals surface area contributed by atoms with Crippen LogP contribution in [0, 0.1) is 0 Å². The molecule has 8 nitrogen and oxygen atoms in total. The van der Waals surface area contributed by atoms with E-state index in [1.807, 2.05) is 121 Å². The maximum Gasteiger partial charge on any atom is 1.00 e. The van der Waals surface area contributed by atoms with Gasteiger partial charge in [-0.2, -0.15) is 0 Å². The molecular weight excluding hydrogens is 565 g/mol. The van der Waals surface area contributed by atoms with Gasteiger partial charge in [-0.05, 0) is 59.7 Å². The number of hydrogen-bond acceptors (Lipinski definition) is 7. The number of nitrogens with zero attached hydrogens (tertiary/aromatic N) is 3. The Morgan fingerprint density at radius 1 is 0.682 bits per heavy atom. The summed E-state index contributed by atoms with van der Waals surface area (Å²) in [6.45, 7) is 0.645. The first-order valence-corrected chi connectivity index (χ1v) is 13.7. The number of oxime groups is 1. The Hall–Kier alpha value is -4.76. The molecule has 0 spiro atoms. The number of benzene rings is 4. The van der Waals surface area contributed by atoms with E-state index in [9.17, 15) is 4.79 Å². The number of carboxylic acids is 1. The van der Waals surface area contributed by atoms with Crippen LogP contribution in [0.4, 0.5) is 0 Å². The number of ether oxygens (including phenoxy) is 2. The van der Waals surface area contributed by atoms with Crippen molar-refractivity contribution in [2.24, 2.45) is 5.16 Å². The van der Waals surface area contributed by atoms with Gasteiger partial charge in [0.05, 0.1) is 22.4 Å². The number of fused-ring (bicyclic) bond motifs is 2. The minimum absolute atomic E-state index is 0. The van der Waals surface area contributed by atoms with E-state index in [1.54, 1.807) is 0 Å². The van der Waals surface area contributed by atoms with E-state index in [0.717, 1.165) is 50.5 Å². The molecule has 0 atom stereocenters. The van der Waals surface area contributed by atoms with Crippen LogP contribution in [0.3, 0.4) is 0 Å². The monoisotopic (exact) mass is 593 g/mol. The van der Waals surface area contributed by atoms with Crippen LogP contribution in [-0.4, -0.2) is 27.3 Å². The maximum atomic E-state index is 11.0. The van der Waals surface area contributed by atoms with Crippen molar-refractivity contribution in [2.45, 2.75) is 19.3 Å². The molecule has 0 amide bonds. The minimum atomic E-state index is -1.20. The number of carbonyl (C=O) groups is 1. The molecule has 0 radical (unpaired) electrons. The normalized spacial score (nSPS) is 11.0. The van der Waals surface area contributed by atoms with Crippen LogP contribution in [0.2, 0.25) is 0 Å². The van der Waals surface area contributed by atoms with Crippen molar-refractivity contribution < 1.29 is 55.2 Å². The Balaban J connectivity index is 0.00000230. The van der Waals surface area contributed by atoms with Gasteiger partial charge in [-0.15, -0.1) is 0 Å². The van der Waals surface area contributed by atoms with E-state index < -0.39 is 12.1 Å². The van der Waals surface area contributed by atoms with Crippen LogP contribution < -0.4 is 39.0 Å². The van der Waals surface area contributed by atoms with Gasteiger partial charge in [0.2, 0.25) is 0 Å². The van der Waals surface area contributed by atoms with Gasteiger partial charge in [0.25, 0.3) is 0 Å². The molecule has 0 aliphatic rings. The van der Waals surface area contributed by atoms with Crippen molar-refractivity contribution in [3.8, 4) is 11.5 Å². The van der Waals surface area contributed by atoms with Gasteiger partial charge in [0.15, 0.2) is 12.3 Å². The van der Waals surface area contributed by atoms with Crippen molar-refractivity contribution in [1.29, 1.82) is 0 Å². The molecule has 0 aliphatic heterocycles. The zero-order valence-electron chi connectivity index (χ0n) is 25.0. The van der Waals surface area contributed by atoms with Crippen LogP contribution in [-0.2, 0) is 22.8 Å². The fraction of sp³-hybridized carbons (Fsp3) is 0.0857. The van der Waals surface area contributed by atoms with Crippen LogP contribution in [0.1, 0.15) is 30.0 Å². The molecule has 1 N–H and O–H groups in total. The molecule has 9 heteroatoms. The predicted octanol–water partition coefficient (Wildman–Crippen LogP) is 4.23. The van der Waals surface area contributed by atoms with Crippen molar-refractivity contribution >= 4 is 34.0 Å². The minimum Gasteiger partial charge on any atom is -1.00 e. The average molecular weight is 594 g/mol. The molecule has 0 bridgehead atoms. The molecule has 4 aromatic carbocycles. The van der Waals surface area contributed by atoms with Gasteiger partial charge < -0.3 is 20.8 Å². The van der Waals surface area contributed by atoms with Gasteiger partial charge in [-0.1, -0.05) is 78.0 Å². The van der Waals surface area contributed by atoms with Crippen molar-refractivity contribution in [2.75, 3.05) is 0 Å². The van der Waals surface area contributed by atoms with Crippen LogP contribution >= 0.6 is 0 Å². The maximum absolute atomic E-state index is 11.0. The molecule has 0 saturated carbocycles. The van der Waals surface area contributed by atoms with E-state index in [2.05, 4.69) is 15.1 Å². The Kier molecular flexibility index (Phi) is 10.2. The van der Waals surface area contributed by atoms with E-state index in [0.29, 0.717) is 24.7 Å². The average Bonchev–Trinajstić information content (AvgIpc) is 3.05. The number of pyridine rings is 2. The fourth-order valence-corrected chi connectivity index (χ4v) is 4.62. The van der Waals surface area contributed by atoms with Gasteiger partial charge in [-0.25, -0.2) is 14.8 Å². The van der Waals surface area contributed by atoms with Gasteiger partial charge in [-0.3, -0.25) is 0 Å². The van der Waals surface area contributed by atoms with Crippen molar-refractivity contribution in [1.82, 2.24) is 9.97 Å². The molecule has 44 heavy (non-hydrogen) atoms. The quantitative estimate of drug-likeness (QED) is 0.136. The van der Waals surface area contributed by atoms with E-state index in [-0.39, 0.29) is 31.0 Å². The third kappa shape index (κ3) is 7.79. The summed E-state index contributed by atoms with van der Waals surface area (Å²) >= 11 is 0. The Morgan fingerprint density at radius 2 is 1.14 bits per heavy atom. The molecule has 2 heterocycles. The second-order valence-electron chi connectivity index (χ2n) is 9.76. The first-order chi connectivity index (χ1) is 21.1. The molecule has 2 aromatic heterocycles. The second-order valence-corrected chi connectivity index (χ2v) is 9.76. The zero-order valence-corrected chi connectivity index (χ0v) is 26.0. The van der Waals surface area contributed by atoms with Crippen LogP contribution in [0.5, 0.6) is 11.5 Å². The topological polar surface area (TPSA) is 103 Å². The summed E-state index contributed by atoms with van der Waals surface area (Å²) in [7, 11) is 0. The molecule has 0 saturated heterocycles. The van der Waals surface area contributed by atoms with E-state index in [1.165, 1.54) is 0 Å². The number of hydrogen-bond donors (Lipinski definition) is 1. The van der Waals surface area contributed by atoms with Crippen molar-refractivity contribution in [3.63, 3.8) is 0 Å². The second kappa shape index (κ2) is 14.6. The number of aliphatic carboxylic acids is 1. The fourth-order valence-electron chi connectivity index (χ4n) is 4.62. The predicted molar refractivity (Wildman–Crippen MR) is 165 cm³/mol. The van der Waals surface area contributed by atoms with E-state index in [4.69, 9.17) is 19.4 Å². The summed E-state index contributed by atoms with van der Waals surface area (Å²) in [6.07, 6.45) is 0.0674. The standard InChI is InChI=1S/C35H27N3O5.Na.H/c39-34(40)21-36-43-35(26-11-17-30(18-12-26)41-22-28-15-9-24-5-1-3-7-32(24)37-28)27-13-19-31(20-14-27)42-23-29-16-10-25-6-2-4-8-33(25)38-29;;/h1-21,35H,22-23H2,(H,39,40);;/q;+1;-1. The summed E-state index contributed by atoms with van der Waals surface area (Å²) < 4.78 is 11.9. The Morgan fingerprint density at radius 3 is 1.59 bits per heavy atom. The molecule has 0 aliphatic carbocycles. The smallest absolute Gasteiger partial charge is 1.00 e. The third-order valence-corrected chi connectivity index (χ3v) is 6.78. The number of para-hydroxylation sites is 2. The third-order valence-electron chi connectivity index (χ3n) is 6.78. The zero-order chi connectivity index (χ0) is 29.4. The van der Waals surface area contributed by atoms with Gasteiger partial charge in [0.1, 0.15) is 24.7 Å². The largest absolute Gasteiger partial charge is 1.00 e. The summed E-state index contributed by atoms with van der Waals surface area (Å²) in [6, 6.07) is 38.6. The van der Waals surface area contributed by atoms with E-state index >= 15 is 0 Å². The molecule has 214 valence electrons. The van der Waals surface area contributed by atoms with Gasteiger partial charge in [0, 0.05) is 10.8 Å². The number of aromatic nitrogens is 2. The first kappa shape index (κ1) is 30.7. The first-order valence-electron chi connectivity index (χ1n) is 13.7. The summed E-state index contributed by atoms with van der Waals surface area (Å²) in [5, 5.41) is 14.8. The van der Waals surface area contributed by atoms with Crippen LogP contribution in [0.25, 0.3) is 21.8 Å². The molecular formula is C35H28N3NaO5. The molecule has 0 fully saturated rings. The summed E-state index contributed by atoms with van der Waals surface area (Å²) in [4.78, 5) is 25.9. The number of rotatable bonds is 11. The number of carboxylic acid groups (broad SMARTS) is 1. The Labute approximate surface area is 277 Å². The summed E-state index contributed by atoms with van der Waals surface area (Å²) in [5.74, 6) is 0.130. The Bertz CT molecular complexity index is 1780. The van der Waals surface area contributed by atoms with Gasteiger partial charge >= 0.3 is 35.5 Å². The van der Waals surface area contributed by atoms with Crippen molar-refractivity contribution in [3.05, 3.63) is 144 Å².